The van der Waals surface area contributed by atoms with E-state index in [1.54, 1.807) is 5.56 Å². The minimum atomic E-state index is 0.642. The maximum absolute atomic E-state index is 3.57. The Kier molecular flexibility index (Phi) is 3.92. The number of para-hydroxylation sites is 1. The smallest absolute Gasteiger partial charge is 0.0458 e. The van der Waals surface area contributed by atoms with Gasteiger partial charge >= 0.3 is 0 Å². The number of likely N-dealkylation sites (tertiary alicyclic amines) is 1. The van der Waals surface area contributed by atoms with Gasteiger partial charge in [0, 0.05) is 29.7 Å². The zero-order chi connectivity index (χ0) is 15.6. The van der Waals surface area contributed by atoms with Gasteiger partial charge in [0.1, 0.15) is 0 Å². The van der Waals surface area contributed by atoms with E-state index in [2.05, 4.69) is 71.4 Å². The molecule has 2 heteroatoms. The average molecular weight is 304 g/mol. The number of hydrogen-bond donors (Lipinski definition) is 1. The van der Waals surface area contributed by atoms with Gasteiger partial charge in [-0.1, -0.05) is 48.5 Å². The predicted octanol–water partition coefficient (Wildman–Crippen LogP) is 4.86. The minimum absolute atomic E-state index is 0.642. The van der Waals surface area contributed by atoms with E-state index in [4.69, 9.17) is 0 Å². The fourth-order valence-corrected chi connectivity index (χ4v) is 4.10. The molecular weight excluding hydrogens is 280 g/mol. The van der Waals surface area contributed by atoms with Gasteiger partial charge in [0.25, 0.3) is 0 Å². The van der Waals surface area contributed by atoms with Crippen LogP contribution < -0.4 is 0 Å². The van der Waals surface area contributed by atoms with Crippen LogP contribution >= 0.6 is 0 Å². The molecule has 1 atom stereocenters. The Balaban J connectivity index is 1.58. The second-order valence-electron chi connectivity index (χ2n) is 6.77. The third-order valence-corrected chi connectivity index (χ3v) is 5.11. The molecule has 0 saturated carbocycles. The zero-order valence-electron chi connectivity index (χ0n) is 13.8. The van der Waals surface area contributed by atoms with Crippen molar-refractivity contribution >= 4 is 10.9 Å². The summed E-state index contributed by atoms with van der Waals surface area (Å²) in [6.45, 7) is 5.68. The first-order valence-electron chi connectivity index (χ1n) is 8.65. The van der Waals surface area contributed by atoms with E-state index in [1.807, 2.05) is 0 Å². The monoisotopic (exact) mass is 304 g/mol. The van der Waals surface area contributed by atoms with Crippen LogP contribution in [0.15, 0.2) is 54.6 Å². The molecule has 1 aromatic heterocycles. The van der Waals surface area contributed by atoms with Gasteiger partial charge in [0.15, 0.2) is 0 Å². The fourth-order valence-electron chi connectivity index (χ4n) is 4.10. The molecule has 2 aromatic carbocycles. The summed E-state index contributed by atoms with van der Waals surface area (Å²) >= 11 is 0. The molecule has 0 spiro atoms. The summed E-state index contributed by atoms with van der Waals surface area (Å²) in [5.41, 5.74) is 5.58. The van der Waals surface area contributed by atoms with E-state index in [0.717, 1.165) is 13.1 Å². The topological polar surface area (TPSA) is 19.0 Å². The van der Waals surface area contributed by atoms with Crippen LogP contribution in [0.5, 0.6) is 0 Å². The normalized spacial score (nSPS) is 19.3. The lowest BCUT2D eigenvalue weighted by Crippen LogP contribution is -2.34. The lowest BCUT2D eigenvalue weighted by atomic mass is 9.88. The standard InChI is InChI=1S/C21H24N2/c1-16-21(19-11-5-6-12-20(19)22-16)18-10-7-13-23(15-18)14-17-8-3-2-4-9-17/h2-6,8-9,11-12,18,22H,7,10,13-15H2,1H3. The summed E-state index contributed by atoms with van der Waals surface area (Å²) in [6, 6.07) is 19.6. The third-order valence-electron chi connectivity index (χ3n) is 5.11. The molecule has 4 rings (SSSR count). The van der Waals surface area contributed by atoms with Gasteiger partial charge in [-0.3, -0.25) is 4.90 Å². The van der Waals surface area contributed by atoms with Crippen LogP contribution in [0.3, 0.4) is 0 Å². The number of hydrogen-bond acceptors (Lipinski definition) is 1. The number of nitrogens with one attached hydrogen (secondary N) is 1. The van der Waals surface area contributed by atoms with Crippen molar-refractivity contribution in [2.75, 3.05) is 13.1 Å². The summed E-state index contributed by atoms with van der Waals surface area (Å²) in [6.07, 6.45) is 2.59. The van der Waals surface area contributed by atoms with Crippen LogP contribution in [0.4, 0.5) is 0 Å². The highest BCUT2D eigenvalue weighted by molar-refractivity contribution is 5.85. The molecule has 1 aliphatic heterocycles. The molecule has 2 heterocycles. The number of aromatic nitrogens is 1. The Morgan fingerprint density at radius 2 is 1.83 bits per heavy atom. The van der Waals surface area contributed by atoms with Gasteiger partial charge in [0.2, 0.25) is 0 Å². The Hall–Kier alpha value is -2.06. The van der Waals surface area contributed by atoms with Crippen molar-refractivity contribution in [3.8, 4) is 0 Å². The third kappa shape index (κ3) is 2.91. The largest absolute Gasteiger partial charge is 0.358 e. The maximum Gasteiger partial charge on any atom is 0.0458 e. The van der Waals surface area contributed by atoms with Crippen LogP contribution in [0.25, 0.3) is 10.9 Å². The molecule has 1 fully saturated rings. The van der Waals surface area contributed by atoms with E-state index in [-0.39, 0.29) is 0 Å². The number of aromatic amines is 1. The Morgan fingerprint density at radius 1 is 1.04 bits per heavy atom. The van der Waals surface area contributed by atoms with E-state index in [0.29, 0.717) is 5.92 Å². The van der Waals surface area contributed by atoms with Gasteiger partial charge in [-0.25, -0.2) is 0 Å². The van der Waals surface area contributed by atoms with Crippen molar-refractivity contribution in [1.82, 2.24) is 9.88 Å². The maximum atomic E-state index is 3.57. The van der Waals surface area contributed by atoms with Crippen molar-refractivity contribution < 1.29 is 0 Å². The van der Waals surface area contributed by atoms with Crippen molar-refractivity contribution in [1.29, 1.82) is 0 Å². The van der Waals surface area contributed by atoms with Gasteiger partial charge in [0.05, 0.1) is 0 Å². The Morgan fingerprint density at radius 3 is 2.70 bits per heavy atom. The molecule has 23 heavy (non-hydrogen) atoms. The van der Waals surface area contributed by atoms with E-state index >= 15 is 0 Å². The molecule has 0 aliphatic carbocycles. The van der Waals surface area contributed by atoms with Crippen LogP contribution in [-0.2, 0) is 6.54 Å². The minimum Gasteiger partial charge on any atom is -0.358 e. The molecule has 0 amide bonds. The summed E-state index contributed by atoms with van der Waals surface area (Å²) in [4.78, 5) is 6.19. The summed E-state index contributed by atoms with van der Waals surface area (Å²) in [5, 5.41) is 1.41. The van der Waals surface area contributed by atoms with E-state index in [1.165, 1.54) is 41.5 Å². The van der Waals surface area contributed by atoms with Crippen molar-refractivity contribution in [2.45, 2.75) is 32.2 Å². The Labute approximate surface area is 138 Å². The summed E-state index contributed by atoms with van der Waals surface area (Å²) < 4.78 is 0. The quantitative estimate of drug-likeness (QED) is 0.732. The van der Waals surface area contributed by atoms with Crippen molar-refractivity contribution in [3.05, 3.63) is 71.4 Å². The number of piperidine rings is 1. The first-order valence-corrected chi connectivity index (χ1v) is 8.65. The van der Waals surface area contributed by atoms with Crippen LogP contribution in [0.1, 0.15) is 35.6 Å². The zero-order valence-corrected chi connectivity index (χ0v) is 13.8. The summed E-state index contributed by atoms with van der Waals surface area (Å²) in [7, 11) is 0. The number of fused-ring (bicyclic) bond motifs is 1. The SMILES string of the molecule is Cc1[nH]c2ccccc2c1C1CCCN(Cc2ccccc2)C1. The Bertz CT molecular complexity index is 788. The first kappa shape index (κ1) is 14.5. The van der Waals surface area contributed by atoms with E-state index < -0.39 is 0 Å². The average Bonchev–Trinajstić information content (AvgIpc) is 2.92. The van der Waals surface area contributed by atoms with Gasteiger partial charge in [-0.2, -0.15) is 0 Å². The molecule has 0 bridgehead atoms. The second kappa shape index (κ2) is 6.21. The van der Waals surface area contributed by atoms with Crippen LogP contribution in [0.2, 0.25) is 0 Å². The van der Waals surface area contributed by atoms with Crippen molar-refractivity contribution in [2.24, 2.45) is 0 Å². The first-order chi connectivity index (χ1) is 11.3. The van der Waals surface area contributed by atoms with Crippen LogP contribution in [-0.4, -0.2) is 23.0 Å². The highest BCUT2D eigenvalue weighted by atomic mass is 15.1. The number of aryl methyl sites for hydroxylation is 1. The number of H-pyrrole nitrogens is 1. The number of benzene rings is 2. The molecule has 1 unspecified atom stereocenters. The lowest BCUT2D eigenvalue weighted by Gasteiger charge is -2.33. The van der Waals surface area contributed by atoms with Crippen molar-refractivity contribution in [3.63, 3.8) is 0 Å². The van der Waals surface area contributed by atoms with Crippen LogP contribution in [0, 0.1) is 6.92 Å². The lowest BCUT2D eigenvalue weighted by molar-refractivity contribution is 0.200. The molecule has 1 saturated heterocycles. The number of rotatable bonds is 3. The molecule has 118 valence electrons. The molecule has 1 aliphatic rings. The molecular formula is C21H24N2. The van der Waals surface area contributed by atoms with Gasteiger partial charge < -0.3 is 4.98 Å². The fraction of sp³-hybridized carbons (Fsp3) is 0.333. The molecule has 0 radical (unpaired) electrons. The number of nitrogens with zero attached hydrogens (tertiary/aromatic N) is 1. The predicted molar refractivity (Wildman–Crippen MR) is 96.7 cm³/mol. The van der Waals surface area contributed by atoms with Gasteiger partial charge in [-0.05, 0) is 49.4 Å². The molecule has 2 nitrogen and oxygen atoms in total. The summed E-state index contributed by atoms with van der Waals surface area (Å²) in [5.74, 6) is 0.642. The molecule has 3 aromatic rings. The second-order valence-corrected chi connectivity index (χ2v) is 6.77. The highest BCUT2D eigenvalue weighted by Crippen LogP contribution is 2.35. The molecule has 1 N–H and O–H groups in total. The van der Waals surface area contributed by atoms with Gasteiger partial charge in [-0.15, -0.1) is 0 Å². The highest BCUT2D eigenvalue weighted by Gasteiger charge is 2.25. The van der Waals surface area contributed by atoms with E-state index in [9.17, 15) is 0 Å².